The molecule has 320 valence electrons. The molecule has 6 heterocycles. The van der Waals surface area contributed by atoms with E-state index in [1.807, 2.05) is 24.3 Å². The third-order valence-electron chi connectivity index (χ3n) is 9.70. The minimum Gasteiger partial charge on any atom is -0.380 e. The van der Waals surface area contributed by atoms with E-state index < -0.39 is 5.56 Å². The number of pyridine rings is 2. The SMILES string of the molecule is O=c1c(Cl)c(NC2CC2)cnn1-c1cc(-c2ccnc(Nc3cccc(Cl)c3)n2)ccn1.O=c1c(NC2CC2)c(Cl)cnn1-c1cc(-c2ccnc(Nc3cccc(Cl)c3)n2)ccn1. The number of nitrogens with zero attached hydrogens (tertiary/aromatic N) is 10. The van der Waals surface area contributed by atoms with E-state index in [0.717, 1.165) is 48.2 Å². The molecule has 4 N–H and O–H groups in total. The van der Waals surface area contributed by atoms with E-state index in [-0.39, 0.29) is 16.6 Å². The van der Waals surface area contributed by atoms with Gasteiger partial charge in [-0.05, 0) is 98.5 Å². The number of hydrogen-bond acceptors (Lipinski definition) is 14. The lowest BCUT2D eigenvalue weighted by atomic mass is 10.2. The maximum absolute atomic E-state index is 13.0. The zero-order chi connectivity index (χ0) is 44.2. The second-order valence-corrected chi connectivity index (χ2v) is 16.3. The van der Waals surface area contributed by atoms with Gasteiger partial charge >= 0.3 is 0 Å². The average molecular weight is 933 g/mol. The van der Waals surface area contributed by atoms with Crippen LogP contribution >= 0.6 is 46.4 Å². The smallest absolute Gasteiger partial charge is 0.297 e. The standard InChI is InChI=1S/2C22H17Cl2N7O/c23-14-2-1-3-16(11-14)29-22-26-9-7-18(30-22)13-6-8-25-19(10-13)31-21(32)20(17(24)12-27-31)28-15-4-5-15;23-14-2-1-3-16(11-14)29-22-26-9-7-17(30-22)13-6-8-25-19(10-13)31-21(32)20(24)18(12-27-31)28-15-4-5-15/h2*1-3,6-12,15,28H,4-5H2,(H,26,29,30). The van der Waals surface area contributed by atoms with Gasteiger partial charge in [0.25, 0.3) is 11.1 Å². The van der Waals surface area contributed by atoms with Crippen molar-refractivity contribution in [2.75, 3.05) is 21.3 Å². The summed E-state index contributed by atoms with van der Waals surface area (Å²) < 4.78 is 2.41. The molecule has 0 atom stereocenters. The molecule has 0 aliphatic heterocycles. The second kappa shape index (κ2) is 18.8. The summed E-state index contributed by atoms with van der Waals surface area (Å²) in [6.45, 7) is 0. The number of aromatic nitrogens is 10. The maximum Gasteiger partial charge on any atom is 0.297 e. The number of halogens is 4. The van der Waals surface area contributed by atoms with Gasteiger partial charge in [0, 0.05) is 69.4 Å². The van der Waals surface area contributed by atoms with Crippen molar-refractivity contribution in [1.82, 2.24) is 49.5 Å². The van der Waals surface area contributed by atoms with Gasteiger partial charge in [-0.25, -0.2) is 29.9 Å². The lowest BCUT2D eigenvalue weighted by Crippen LogP contribution is -2.26. The van der Waals surface area contributed by atoms with Crippen LogP contribution in [0.1, 0.15) is 25.7 Å². The molecule has 0 spiro atoms. The van der Waals surface area contributed by atoms with Crippen LogP contribution in [-0.2, 0) is 0 Å². The third kappa shape index (κ3) is 10.3. The molecule has 0 amide bonds. The molecule has 0 saturated heterocycles. The highest BCUT2D eigenvalue weighted by molar-refractivity contribution is 6.33. The maximum atomic E-state index is 13.0. The predicted octanol–water partition coefficient (Wildman–Crippen LogP) is 9.42. The van der Waals surface area contributed by atoms with E-state index in [9.17, 15) is 9.59 Å². The summed E-state index contributed by atoms with van der Waals surface area (Å²) in [5, 5.41) is 22.7. The molecule has 64 heavy (non-hydrogen) atoms. The molecule has 2 aliphatic carbocycles. The quantitative estimate of drug-likeness (QED) is 0.0905. The first-order valence-corrected chi connectivity index (χ1v) is 21.4. The number of anilines is 6. The van der Waals surface area contributed by atoms with Gasteiger partial charge in [-0.2, -0.15) is 19.6 Å². The van der Waals surface area contributed by atoms with E-state index in [1.54, 1.807) is 91.6 Å². The molecule has 2 aromatic carbocycles. The Bertz CT molecular complexity index is 3120. The monoisotopic (exact) mass is 930 g/mol. The highest BCUT2D eigenvalue weighted by atomic mass is 35.5. The Balaban J connectivity index is 0.000000162. The third-order valence-corrected chi connectivity index (χ3v) is 10.8. The molecule has 2 fully saturated rings. The number of rotatable bonds is 12. The molecule has 0 bridgehead atoms. The van der Waals surface area contributed by atoms with Gasteiger partial charge < -0.3 is 21.3 Å². The topological polar surface area (TPSA) is 195 Å². The first kappa shape index (κ1) is 42.3. The van der Waals surface area contributed by atoms with Crippen LogP contribution in [-0.4, -0.2) is 61.5 Å². The summed E-state index contributed by atoms with van der Waals surface area (Å²) in [5.41, 5.74) is 4.46. The Labute approximate surface area is 384 Å². The van der Waals surface area contributed by atoms with Gasteiger partial charge in [0.1, 0.15) is 10.7 Å². The van der Waals surface area contributed by atoms with Gasteiger partial charge in [0.05, 0.1) is 34.5 Å². The van der Waals surface area contributed by atoms with Crippen molar-refractivity contribution >= 4 is 81.0 Å². The molecule has 10 rings (SSSR count). The first-order chi connectivity index (χ1) is 31.1. The Morgan fingerprint density at radius 1 is 0.547 bits per heavy atom. The fraction of sp³-hybridized carbons (Fsp3) is 0.136. The molecule has 0 unspecified atom stereocenters. The molecular weight excluding hydrogens is 898 g/mol. The molecule has 16 nitrogen and oxygen atoms in total. The molecule has 0 radical (unpaired) electrons. The van der Waals surface area contributed by atoms with Crippen molar-refractivity contribution in [2.45, 2.75) is 37.8 Å². The second-order valence-electron chi connectivity index (χ2n) is 14.6. The molecule has 20 heteroatoms. The zero-order valence-corrected chi connectivity index (χ0v) is 36.4. The lowest BCUT2D eigenvalue weighted by Gasteiger charge is -2.11. The Morgan fingerprint density at radius 2 is 1.05 bits per heavy atom. The van der Waals surface area contributed by atoms with Gasteiger partial charge in [0.15, 0.2) is 11.6 Å². The van der Waals surface area contributed by atoms with E-state index >= 15 is 0 Å². The van der Waals surface area contributed by atoms with Crippen LogP contribution < -0.4 is 32.4 Å². The highest BCUT2D eigenvalue weighted by Crippen LogP contribution is 2.29. The van der Waals surface area contributed by atoms with Crippen molar-refractivity contribution in [2.24, 2.45) is 0 Å². The van der Waals surface area contributed by atoms with Crippen LogP contribution in [0.3, 0.4) is 0 Å². The molecule has 8 aromatic rings. The molecule has 2 aliphatic rings. The van der Waals surface area contributed by atoms with Crippen LogP contribution in [0.2, 0.25) is 20.1 Å². The van der Waals surface area contributed by atoms with Crippen LogP contribution in [0.25, 0.3) is 34.2 Å². The van der Waals surface area contributed by atoms with Crippen LogP contribution in [0.15, 0.2) is 132 Å². The Kier molecular flexibility index (Phi) is 12.4. The van der Waals surface area contributed by atoms with Crippen molar-refractivity contribution in [3.63, 3.8) is 0 Å². The normalized spacial score (nSPS) is 13.1. The first-order valence-electron chi connectivity index (χ1n) is 19.9. The zero-order valence-electron chi connectivity index (χ0n) is 33.3. The highest BCUT2D eigenvalue weighted by Gasteiger charge is 2.25. The van der Waals surface area contributed by atoms with E-state index in [1.165, 1.54) is 15.6 Å². The summed E-state index contributed by atoms with van der Waals surface area (Å²) in [6.07, 6.45) is 13.7. The van der Waals surface area contributed by atoms with Crippen molar-refractivity contribution in [3.8, 4) is 34.2 Å². The fourth-order valence-electron chi connectivity index (χ4n) is 6.24. The van der Waals surface area contributed by atoms with Crippen LogP contribution in [0.4, 0.5) is 34.6 Å². The average Bonchev–Trinajstić information content (AvgIpc) is 4.25. The van der Waals surface area contributed by atoms with Gasteiger partial charge in [0.2, 0.25) is 11.9 Å². The summed E-state index contributed by atoms with van der Waals surface area (Å²) >= 11 is 24.6. The molecular formula is C44H34Cl4N14O2. The van der Waals surface area contributed by atoms with Gasteiger partial charge in [-0.1, -0.05) is 58.5 Å². The number of nitrogens with one attached hydrogen (secondary N) is 4. The fourth-order valence-corrected chi connectivity index (χ4v) is 6.98. The Hall–Kier alpha value is -6.98. The Morgan fingerprint density at radius 3 is 1.58 bits per heavy atom. The van der Waals surface area contributed by atoms with E-state index in [2.05, 4.69) is 61.4 Å². The van der Waals surface area contributed by atoms with Crippen LogP contribution in [0, 0.1) is 0 Å². The summed E-state index contributed by atoms with van der Waals surface area (Å²) in [4.78, 5) is 52.0. The molecule has 6 aromatic heterocycles. The number of benzene rings is 2. The summed E-state index contributed by atoms with van der Waals surface area (Å²) in [6, 6.07) is 25.8. The number of hydrogen-bond donors (Lipinski definition) is 4. The minimum absolute atomic E-state index is 0.0918. The predicted molar refractivity (Wildman–Crippen MR) is 250 cm³/mol. The summed E-state index contributed by atoms with van der Waals surface area (Å²) in [5.74, 6) is 1.54. The largest absolute Gasteiger partial charge is 0.380 e. The minimum atomic E-state index is -0.437. The van der Waals surface area contributed by atoms with E-state index in [0.29, 0.717) is 67.4 Å². The van der Waals surface area contributed by atoms with Gasteiger partial charge in [-0.3, -0.25) is 9.59 Å². The summed E-state index contributed by atoms with van der Waals surface area (Å²) in [7, 11) is 0. The van der Waals surface area contributed by atoms with Crippen molar-refractivity contribution in [3.05, 3.63) is 163 Å². The van der Waals surface area contributed by atoms with Crippen molar-refractivity contribution < 1.29 is 0 Å². The van der Waals surface area contributed by atoms with Crippen LogP contribution in [0.5, 0.6) is 0 Å². The lowest BCUT2D eigenvalue weighted by molar-refractivity contribution is 0.782. The van der Waals surface area contributed by atoms with Gasteiger partial charge in [-0.15, -0.1) is 0 Å². The van der Waals surface area contributed by atoms with Crippen molar-refractivity contribution in [1.29, 1.82) is 0 Å². The van der Waals surface area contributed by atoms with E-state index in [4.69, 9.17) is 46.4 Å². The molecule has 2 saturated carbocycles.